The smallest absolute Gasteiger partial charge is 0.261 e. The quantitative estimate of drug-likeness (QED) is 0.176. The molecule has 0 radical (unpaired) electrons. The zero-order valence-electron chi connectivity index (χ0n) is 24.6. The SMILES string of the molecule is O=C1c2ccccc2C(=O)N1Cc1cccc(-c2ccc(C3OC(Cn4cnc(Cl)c4Cl)CC(c4ccc(CO)cc4)O3)cc2)c1. The first-order chi connectivity index (χ1) is 22.4. The molecule has 2 aliphatic heterocycles. The number of fused-ring (bicyclic) bond motifs is 1. The van der Waals surface area contributed by atoms with Crippen LogP contribution in [0.1, 0.15) is 61.8 Å². The van der Waals surface area contributed by atoms with Gasteiger partial charge in [-0.05, 0) is 46.0 Å². The molecule has 0 spiro atoms. The molecule has 3 atom stereocenters. The molecule has 2 aliphatic rings. The second kappa shape index (κ2) is 12.8. The molecule has 0 saturated carbocycles. The minimum absolute atomic E-state index is 0.0297. The highest BCUT2D eigenvalue weighted by molar-refractivity contribution is 6.40. The summed E-state index contributed by atoms with van der Waals surface area (Å²) in [5.74, 6) is -0.551. The van der Waals surface area contributed by atoms with Gasteiger partial charge < -0.3 is 19.1 Å². The average Bonchev–Trinajstić information content (AvgIpc) is 3.54. The molecule has 3 unspecified atom stereocenters. The van der Waals surface area contributed by atoms with E-state index in [1.54, 1.807) is 35.2 Å². The maximum absolute atomic E-state index is 12.9. The van der Waals surface area contributed by atoms with Crippen LogP contribution in [0, 0.1) is 0 Å². The molecule has 2 amide bonds. The van der Waals surface area contributed by atoms with Crippen molar-refractivity contribution in [3.05, 3.63) is 147 Å². The third kappa shape index (κ3) is 5.98. The molecule has 0 bridgehead atoms. The Morgan fingerprint density at radius 3 is 2.13 bits per heavy atom. The van der Waals surface area contributed by atoms with Gasteiger partial charge in [0.15, 0.2) is 11.4 Å². The maximum atomic E-state index is 12.9. The van der Waals surface area contributed by atoms with Crippen molar-refractivity contribution >= 4 is 35.0 Å². The van der Waals surface area contributed by atoms with Gasteiger partial charge in [-0.2, -0.15) is 0 Å². The summed E-state index contributed by atoms with van der Waals surface area (Å²) in [6, 6.07) is 30.4. The summed E-state index contributed by atoms with van der Waals surface area (Å²) in [6.45, 7) is 0.607. The number of benzene rings is 4. The van der Waals surface area contributed by atoms with Crippen LogP contribution in [-0.2, 0) is 29.2 Å². The first-order valence-corrected chi connectivity index (χ1v) is 15.6. The van der Waals surface area contributed by atoms with Crippen molar-refractivity contribution in [2.45, 2.75) is 44.6 Å². The number of amides is 2. The lowest BCUT2D eigenvalue weighted by molar-refractivity contribution is -0.252. The molecule has 1 saturated heterocycles. The highest BCUT2D eigenvalue weighted by atomic mass is 35.5. The Kier molecular flexibility index (Phi) is 8.46. The topological polar surface area (TPSA) is 93.9 Å². The molecule has 232 valence electrons. The molecule has 7 rings (SSSR count). The number of nitrogens with zero attached hydrogens (tertiary/aromatic N) is 3. The third-order valence-electron chi connectivity index (χ3n) is 8.41. The number of aromatic nitrogens is 2. The van der Waals surface area contributed by atoms with Gasteiger partial charge in [0.2, 0.25) is 0 Å². The van der Waals surface area contributed by atoms with Gasteiger partial charge in [0.25, 0.3) is 11.8 Å². The van der Waals surface area contributed by atoms with Gasteiger partial charge in [-0.15, -0.1) is 0 Å². The van der Waals surface area contributed by atoms with E-state index in [4.69, 9.17) is 32.7 Å². The number of hydrogen-bond donors (Lipinski definition) is 1. The Labute approximate surface area is 275 Å². The minimum Gasteiger partial charge on any atom is -0.392 e. The fraction of sp³-hybridized carbons (Fsp3) is 0.194. The lowest BCUT2D eigenvalue weighted by Crippen LogP contribution is -2.32. The van der Waals surface area contributed by atoms with Crippen LogP contribution >= 0.6 is 23.2 Å². The predicted octanol–water partition coefficient (Wildman–Crippen LogP) is 7.39. The monoisotopic (exact) mass is 653 g/mol. The Morgan fingerprint density at radius 2 is 1.48 bits per heavy atom. The zero-order chi connectivity index (χ0) is 31.8. The van der Waals surface area contributed by atoms with E-state index in [1.165, 1.54) is 4.90 Å². The van der Waals surface area contributed by atoms with Crippen LogP contribution < -0.4 is 0 Å². The normalized spacial score (nSPS) is 19.5. The number of ether oxygens (including phenoxy) is 2. The number of carbonyl (C=O) groups is 2. The summed E-state index contributed by atoms with van der Waals surface area (Å²) in [4.78, 5) is 31.2. The van der Waals surface area contributed by atoms with Gasteiger partial charge in [-0.25, -0.2) is 4.98 Å². The van der Waals surface area contributed by atoms with Gasteiger partial charge in [0, 0.05) is 12.0 Å². The van der Waals surface area contributed by atoms with Crippen molar-refractivity contribution in [3.8, 4) is 11.1 Å². The van der Waals surface area contributed by atoms with E-state index in [-0.39, 0.29) is 42.3 Å². The van der Waals surface area contributed by atoms with Crippen LogP contribution in [0.5, 0.6) is 0 Å². The van der Waals surface area contributed by atoms with E-state index in [9.17, 15) is 14.7 Å². The number of imide groups is 1. The third-order valence-corrected chi connectivity index (χ3v) is 9.18. The first-order valence-electron chi connectivity index (χ1n) is 14.9. The fourth-order valence-electron chi connectivity index (χ4n) is 5.97. The van der Waals surface area contributed by atoms with Crippen LogP contribution in [0.3, 0.4) is 0 Å². The van der Waals surface area contributed by atoms with Crippen molar-refractivity contribution in [2.24, 2.45) is 0 Å². The highest BCUT2D eigenvalue weighted by Gasteiger charge is 2.35. The summed E-state index contributed by atoms with van der Waals surface area (Å²) in [7, 11) is 0. The molecule has 0 aliphatic carbocycles. The summed E-state index contributed by atoms with van der Waals surface area (Å²) in [5.41, 5.74) is 6.32. The number of hydrogen-bond acceptors (Lipinski definition) is 6. The van der Waals surface area contributed by atoms with Crippen LogP contribution in [0.4, 0.5) is 0 Å². The van der Waals surface area contributed by atoms with E-state index in [1.807, 2.05) is 72.8 Å². The molecule has 1 aromatic heterocycles. The number of rotatable bonds is 8. The molecular weight excluding hydrogens is 625 g/mol. The van der Waals surface area contributed by atoms with E-state index in [2.05, 4.69) is 4.98 Å². The summed E-state index contributed by atoms with van der Waals surface area (Å²) < 4.78 is 14.7. The highest BCUT2D eigenvalue weighted by Crippen LogP contribution is 2.39. The van der Waals surface area contributed by atoms with Crippen LogP contribution in [0.2, 0.25) is 10.3 Å². The van der Waals surface area contributed by atoms with Gasteiger partial charge in [0.05, 0.1) is 49.4 Å². The average molecular weight is 655 g/mol. The molecule has 4 aromatic carbocycles. The predicted molar refractivity (Wildman–Crippen MR) is 173 cm³/mol. The number of aliphatic hydroxyl groups excluding tert-OH is 1. The molecule has 1 fully saturated rings. The number of imidazole rings is 1. The van der Waals surface area contributed by atoms with Gasteiger partial charge >= 0.3 is 0 Å². The van der Waals surface area contributed by atoms with E-state index < -0.39 is 6.29 Å². The Balaban J connectivity index is 1.10. The fourth-order valence-corrected chi connectivity index (χ4v) is 6.28. The summed E-state index contributed by atoms with van der Waals surface area (Å²) in [5, 5.41) is 10.1. The summed E-state index contributed by atoms with van der Waals surface area (Å²) in [6.07, 6.45) is 1.03. The number of carbonyl (C=O) groups excluding carboxylic acids is 2. The van der Waals surface area contributed by atoms with Gasteiger partial charge in [-0.3, -0.25) is 14.5 Å². The largest absolute Gasteiger partial charge is 0.392 e. The molecule has 46 heavy (non-hydrogen) atoms. The molecule has 8 nitrogen and oxygen atoms in total. The molecule has 3 heterocycles. The molecule has 10 heteroatoms. The van der Waals surface area contributed by atoms with Crippen LogP contribution in [0.15, 0.2) is 103 Å². The van der Waals surface area contributed by atoms with Crippen molar-refractivity contribution in [2.75, 3.05) is 0 Å². The Bertz CT molecular complexity index is 1870. The van der Waals surface area contributed by atoms with Crippen molar-refractivity contribution in [3.63, 3.8) is 0 Å². The minimum atomic E-state index is -0.645. The van der Waals surface area contributed by atoms with Gasteiger partial charge in [0.1, 0.15) is 5.15 Å². The summed E-state index contributed by atoms with van der Waals surface area (Å²) >= 11 is 12.5. The number of halogens is 2. The standard InChI is InChI=1S/C36H29Cl2N3O5/c37-32-33(38)40(21-39-32)19-28-17-31(25-10-8-22(20-42)9-11-25)46-36(45-28)26-14-12-24(13-15-26)27-5-3-4-23(16-27)18-41-34(43)29-6-1-2-7-30(29)35(41)44/h1-16,21,28,31,36,42H,17-20H2. The second-order valence-electron chi connectivity index (χ2n) is 11.4. The first kappa shape index (κ1) is 30.3. The molecular formula is C36H29Cl2N3O5. The Morgan fingerprint density at radius 1 is 0.783 bits per heavy atom. The second-order valence-corrected chi connectivity index (χ2v) is 12.1. The van der Waals surface area contributed by atoms with Crippen molar-refractivity contribution in [1.29, 1.82) is 0 Å². The van der Waals surface area contributed by atoms with Crippen molar-refractivity contribution < 1.29 is 24.2 Å². The van der Waals surface area contributed by atoms with E-state index in [0.717, 1.165) is 33.4 Å². The lowest BCUT2D eigenvalue weighted by atomic mass is 9.99. The van der Waals surface area contributed by atoms with Gasteiger partial charge in [-0.1, -0.05) is 102 Å². The zero-order valence-corrected chi connectivity index (χ0v) is 26.1. The molecule has 1 N–H and O–H groups in total. The Hall–Kier alpha value is -4.31. The van der Waals surface area contributed by atoms with Crippen LogP contribution in [0.25, 0.3) is 11.1 Å². The maximum Gasteiger partial charge on any atom is 0.261 e. The van der Waals surface area contributed by atoms with E-state index >= 15 is 0 Å². The number of aliphatic hydroxyl groups is 1. The molecule has 5 aromatic rings. The van der Waals surface area contributed by atoms with Crippen molar-refractivity contribution in [1.82, 2.24) is 14.5 Å². The lowest BCUT2D eigenvalue weighted by Gasteiger charge is -2.36. The van der Waals surface area contributed by atoms with Crippen LogP contribution in [-0.4, -0.2) is 37.5 Å². The van der Waals surface area contributed by atoms with E-state index in [0.29, 0.717) is 29.2 Å².